The smallest absolute Gasteiger partial charge is 0.193 e. The van der Waals surface area contributed by atoms with Gasteiger partial charge in [0.15, 0.2) is 5.78 Å². The van der Waals surface area contributed by atoms with E-state index in [1.165, 1.54) is 0 Å². The third kappa shape index (κ3) is 2.51. The lowest BCUT2D eigenvalue weighted by Gasteiger charge is -2.03. The minimum absolute atomic E-state index is 0.0456. The zero-order valence-corrected chi connectivity index (χ0v) is 12.2. The molecule has 0 saturated carbocycles. The molecule has 3 heteroatoms. The van der Waals surface area contributed by atoms with E-state index in [0.717, 1.165) is 20.0 Å². The molecule has 0 amide bonds. The van der Waals surface area contributed by atoms with E-state index in [2.05, 4.69) is 27.6 Å². The fourth-order valence-electron chi connectivity index (χ4n) is 2.01. The first-order valence-electron chi connectivity index (χ1n) is 5.89. The van der Waals surface area contributed by atoms with Crippen LogP contribution in [0.3, 0.4) is 0 Å². The highest BCUT2D eigenvalue weighted by atomic mass is 127. The van der Waals surface area contributed by atoms with Gasteiger partial charge in [-0.25, -0.2) is 0 Å². The largest absolute Gasteiger partial charge is 0.289 e. The molecule has 3 rings (SSSR count). The number of hydrogen-bond donors (Lipinski definition) is 0. The van der Waals surface area contributed by atoms with Gasteiger partial charge in [0.05, 0.1) is 5.52 Å². The van der Waals surface area contributed by atoms with Gasteiger partial charge in [-0.15, -0.1) is 0 Å². The van der Waals surface area contributed by atoms with Crippen LogP contribution in [0.2, 0.25) is 0 Å². The number of carbonyl (C=O) groups is 1. The number of benzene rings is 2. The minimum atomic E-state index is 0.0456. The van der Waals surface area contributed by atoms with Crippen molar-refractivity contribution in [2.24, 2.45) is 0 Å². The van der Waals surface area contributed by atoms with Gasteiger partial charge in [0.2, 0.25) is 0 Å². The number of halogens is 1. The molecule has 0 N–H and O–H groups in total. The van der Waals surface area contributed by atoms with Crippen molar-refractivity contribution in [2.45, 2.75) is 0 Å². The third-order valence-electron chi connectivity index (χ3n) is 2.95. The maximum atomic E-state index is 12.4. The van der Waals surface area contributed by atoms with E-state index < -0.39 is 0 Å². The highest BCUT2D eigenvalue weighted by molar-refractivity contribution is 14.1. The summed E-state index contributed by atoms with van der Waals surface area (Å²) < 4.78 is 1.06. The van der Waals surface area contributed by atoms with Gasteiger partial charge in [-0.3, -0.25) is 9.78 Å². The lowest BCUT2D eigenvalue weighted by atomic mass is 10.0. The molecule has 0 spiro atoms. The Kier molecular flexibility index (Phi) is 3.29. The van der Waals surface area contributed by atoms with Crippen LogP contribution in [0.5, 0.6) is 0 Å². The lowest BCUT2D eigenvalue weighted by molar-refractivity contribution is 0.103. The van der Waals surface area contributed by atoms with Crippen molar-refractivity contribution < 1.29 is 4.79 Å². The van der Waals surface area contributed by atoms with Crippen LogP contribution >= 0.6 is 22.6 Å². The molecule has 92 valence electrons. The molecule has 0 radical (unpaired) electrons. The SMILES string of the molecule is O=C(c1cccc(I)c1)c1ccc2ncccc2c1. The zero-order valence-electron chi connectivity index (χ0n) is 10.0. The number of hydrogen-bond acceptors (Lipinski definition) is 2. The van der Waals surface area contributed by atoms with Gasteiger partial charge in [-0.2, -0.15) is 0 Å². The highest BCUT2D eigenvalue weighted by Gasteiger charge is 2.09. The van der Waals surface area contributed by atoms with E-state index in [4.69, 9.17) is 0 Å². The standard InChI is InChI=1S/C16H10INO/c17-14-5-1-3-12(10-14)16(19)13-6-7-15-11(9-13)4-2-8-18-15/h1-10H. The predicted octanol–water partition coefficient (Wildman–Crippen LogP) is 4.07. The van der Waals surface area contributed by atoms with E-state index in [0.29, 0.717) is 5.56 Å². The number of fused-ring (bicyclic) bond motifs is 1. The molecule has 0 atom stereocenters. The van der Waals surface area contributed by atoms with Gasteiger partial charge in [0, 0.05) is 26.3 Å². The molecule has 2 nitrogen and oxygen atoms in total. The molecule has 0 unspecified atom stereocenters. The second kappa shape index (κ2) is 5.09. The van der Waals surface area contributed by atoms with Crippen molar-refractivity contribution in [3.8, 4) is 0 Å². The first-order valence-corrected chi connectivity index (χ1v) is 6.97. The van der Waals surface area contributed by atoms with Crippen LogP contribution in [0.25, 0.3) is 10.9 Å². The van der Waals surface area contributed by atoms with Gasteiger partial charge >= 0.3 is 0 Å². The van der Waals surface area contributed by atoms with Crippen molar-refractivity contribution in [3.05, 3.63) is 75.5 Å². The number of nitrogens with zero attached hydrogens (tertiary/aromatic N) is 1. The molecule has 1 heterocycles. The average molecular weight is 359 g/mol. The Balaban J connectivity index is 2.06. The Hall–Kier alpha value is -1.75. The summed E-state index contributed by atoms with van der Waals surface area (Å²) in [5.41, 5.74) is 2.32. The van der Waals surface area contributed by atoms with Gasteiger partial charge in [-0.1, -0.05) is 18.2 Å². The molecule has 3 aromatic rings. The number of carbonyl (C=O) groups excluding carboxylic acids is 1. The Morgan fingerprint density at radius 2 is 1.79 bits per heavy atom. The summed E-state index contributed by atoms with van der Waals surface area (Å²) in [5.74, 6) is 0.0456. The van der Waals surface area contributed by atoms with E-state index >= 15 is 0 Å². The van der Waals surface area contributed by atoms with Crippen LogP contribution in [0.4, 0.5) is 0 Å². The predicted molar refractivity (Wildman–Crippen MR) is 84.3 cm³/mol. The van der Waals surface area contributed by atoms with Crippen LogP contribution in [0.15, 0.2) is 60.8 Å². The first kappa shape index (κ1) is 12.3. The van der Waals surface area contributed by atoms with Crippen LogP contribution in [-0.2, 0) is 0 Å². The topological polar surface area (TPSA) is 30.0 Å². The summed E-state index contributed by atoms with van der Waals surface area (Å²) in [4.78, 5) is 16.7. The van der Waals surface area contributed by atoms with E-state index in [9.17, 15) is 4.79 Å². The zero-order chi connectivity index (χ0) is 13.2. The summed E-state index contributed by atoms with van der Waals surface area (Å²) in [6.07, 6.45) is 1.75. The third-order valence-corrected chi connectivity index (χ3v) is 3.62. The Bertz CT molecular complexity index is 767. The van der Waals surface area contributed by atoms with Crippen molar-refractivity contribution >= 4 is 39.3 Å². The molecular weight excluding hydrogens is 349 g/mol. The minimum Gasteiger partial charge on any atom is -0.289 e. The quantitative estimate of drug-likeness (QED) is 0.510. The van der Waals surface area contributed by atoms with Crippen molar-refractivity contribution in [2.75, 3.05) is 0 Å². The van der Waals surface area contributed by atoms with E-state index in [-0.39, 0.29) is 5.78 Å². The molecular formula is C16H10INO. The lowest BCUT2D eigenvalue weighted by Crippen LogP contribution is -2.01. The van der Waals surface area contributed by atoms with E-state index in [1.807, 2.05) is 54.6 Å². The Morgan fingerprint density at radius 3 is 2.63 bits per heavy atom. The highest BCUT2D eigenvalue weighted by Crippen LogP contribution is 2.17. The van der Waals surface area contributed by atoms with Crippen LogP contribution in [0.1, 0.15) is 15.9 Å². The molecule has 0 bridgehead atoms. The summed E-state index contributed by atoms with van der Waals surface area (Å²) >= 11 is 2.21. The molecule has 0 aliphatic carbocycles. The number of pyridine rings is 1. The molecule has 0 aliphatic heterocycles. The molecule has 0 saturated heterocycles. The van der Waals surface area contributed by atoms with Crippen molar-refractivity contribution in [3.63, 3.8) is 0 Å². The fraction of sp³-hybridized carbons (Fsp3) is 0. The molecule has 0 aliphatic rings. The summed E-state index contributed by atoms with van der Waals surface area (Å²) in [6.45, 7) is 0. The molecule has 1 aromatic heterocycles. The van der Waals surface area contributed by atoms with Crippen molar-refractivity contribution in [1.29, 1.82) is 0 Å². The second-order valence-corrected chi connectivity index (χ2v) is 5.50. The maximum absolute atomic E-state index is 12.4. The van der Waals surface area contributed by atoms with Gasteiger partial charge in [0.1, 0.15) is 0 Å². The first-order chi connectivity index (χ1) is 9.24. The van der Waals surface area contributed by atoms with Gasteiger partial charge < -0.3 is 0 Å². The number of rotatable bonds is 2. The second-order valence-electron chi connectivity index (χ2n) is 4.25. The Labute approximate surface area is 124 Å². The molecule has 2 aromatic carbocycles. The fourth-order valence-corrected chi connectivity index (χ4v) is 2.56. The normalized spacial score (nSPS) is 10.6. The monoisotopic (exact) mass is 359 g/mol. The average Bonchev–Trinajstić information content (AvgIpc) is 2.46. The summed E-state index contributed by atoms with van der Waals surface area (Å²) in [5, 5.41) is 0.985. The van der Waals surface area contributed by atoms with Gasteiger partial charge in [0.25, 0.3) is 0 Å². The number of ketones is 1. The number of aromatic nitrogens is 1. The Morgan fingerprint density at radius 1 is 0.947 bits per heavy atom. The van der Waals surface area contributed by atoms with Crippen LogP contribution in [-0.4, -0.2) is 10.8 Å². The molecule has 0 fully saturated rings. The molecule has 19 heavy (non-hydrogen) atoms. The van der Waals surface area contributed by atoms with Gasteiger partial charge in [-0.05, 0) is 59.0 Å². The van der Waals surface area contributed by atoms with E-state index in [1.54, 1.807) is 6.20 Å². The van der Waals surface area contributed by atoms with Crippen molar-refractivity contribution in [1.82, 2.24) is 4.98 Å². The summed E-state index contributed by atoms with van der Waals surface area (Å²) in [7, 11) is 0. The summed E-state index contributed by atoms with van der Waals surface area (Å²) in [6, 6.07) is 17.1. The maximum Gasteiger partial charge on any atom is 0.193 e. The van der Waals surface area contributed by atoms with Crippen LogP contribution < -0.4 is 0 Å². The van der Waals surface area contributed by atoms with Crippen LogP contribution in [0, 0.1) is 3.57 Å².